The summed E-state index contributed by atoms with van der Waals surface area (Å²) in [4.78, 5) is 32.4. The molecule has 1 aliphatic rings. The molecule has 1 amide bonds. The number of hydrogen-bond acceptors (Lipinski definition) is 4. The van der Waals surface area contributed by atoms with Crippen LogP contribution in [0.15, 0.2) is 29.1 Å². The van der Waals surface area contributed by atoms with Gasteiger partial charge in [-0.3, -0.25) is 9.59 Å². The smallest absolute Gasteiger partial charge is 0.261 e. The highest BCUT2D eigenvalue weighted by molar-refractivity contribution is 5.96. The summed E-state index contributed by atoms with van der Waals surface area (Å²) in [5.41, 5.74) is 3.51. The van der Waals surface area contributed by atoms with E-state index in [0.717, 1.165) is 28.3 Å². The number of aromatic nitrogens is 1. The van der Waals surface area contributed by atoms with E-state index >= 15 is 0 Å². The second kappa shape index (κ2) is 7.47. The van der Waals surface area contributed by atoms with Crippen LogP contribution < -0.4 is 15.2 Å². The lowest BCUT2D eigenvalue weighted by Gasteiger charge is -2.41. The number of aromatic amines is 1. The highest BCUT2D eigenvalue weighted by atomic mass is 16.5. The molecule has 1 N–H and O–H groups in total. The van der Waals surface area contributed by atoms with Crippen molar-refractivity contribution in [1.29, 1.82) is 0 Å². The topological polar surface area (TPSA) is 65.6 Å². The van der Waals surface area contributed by atoms with E-state index in [9.17, 15) is 9.59 Å². The third-order valence-corrected chi connectivity index (χ3v) is 5.56. The van der Waals surface area contributed by atoms with Crippen LogP contribution in [0.5, 0.6) is 5.75 Å². The fourth-order valence-corrected chi connectivity index (χ4v) is 3.74. The van der Waals surface area contributed by atoms with Crippen LogP contribution in [0.2, 0.25) is 0 Å². The van der Waals surface area contributed by atoms with Crippen LogP contribution in [-0.2, 0) is 0 Å². The SMILES string of the molecule is COc1ccccc1N1CCN(C(=O)c2c(C)c(C)c(C)[nH]c2=O)[C@H](C)C1. The Labute approximate surface area is 159 Å². The lowest BCUT2D eigenvalue weighted by Crippen LogP contribution is -2.55. The molecule has 0 aliphatic carbocycles. The fraction of sp³-hybridized carbons (Fsp3) is 0.429. The molecule has 2 heterocycles. The summed E-state index contributed by atoms with van der Waals surface area (Å²) in [5.74, 6) is 0.634. The number of aryl methyl sites for hydroxylation is 1. The van der Waals surface area contributed by atoms with Gasteiger partial charge in [0.2, 0.25) is 0 Å². The van der Waals surface area contributed by atoms with Crippen LogP contribution in [0.1, 0.15) is 34.1 Å². The monoisotopic (exact) mass is 369 g/mol. The largest absolute Gasteiger partial charge is 0.495 e. The Bertz CT molecular complexity index is 919. The number of para-hydroxylation sites is 2. The summed E-state index contributed by atoms with van der Waals surface area (Å²) >= 11 is 0. The molecular weight excluding hydrogens is 342 g/mol. The molecule has 2 aromatic rings. The number of H-pyrrole nitrogens is 1. The van der Waals surface area contributed by atoms with E-state index in [1.54, 1.807) is 12.0 Å². The maximum Gasteiger partial charge on any atom is 0.261 e. The fourth-order valence-electron chi connectivity index (χ4n) is 3.74. The number of rotatable bonds is 3. The normalized spacial score (nSPS) is 17.1. The van der Waals surface area contributed by atoms with Crippen LogP contribution in [0.4, 0.5) is 5.69 Å². The first kappa shape index (κ1) is 19.0. The number of carbonyl (C=O) groups is 1. The first-order valence-corrected chi connectivity index (χ1v) is 9.24. The third kappa shape index (κ3) is 3.44. The predicted octanol–water partition coefficient (Wildman–Crippen LogP) is 2.66. The number of hydrogen-bond donors (Lipinski definition) is 1. The minimum Gasteiger partial charge on any atom is -0.495 e. The number of nitrogens with zero attached hydrogens (tertiary/aromatic N) is 2. The molecule has 1 aromatic carbocycles. The van der Waals surface area contributed by atoms with Crippen molar-refractivity contribution in [2.75, 3.05) is 31.6 Å². The van der Waals surface area contributed by atoms with Crippen LogP contribution in [0, 0.1) is 20.8 Å². The Balaban J connectivity index is 1.84. The average molecular weight is 369 g/mol. The van der Waals surface area contributed by atoms with E-state index in [0.29, 0.717) is 19.6 Å². The van der Waals surface area contributed by atoms with Crippen molar-refractivity contribution >= 4 is 11.6 Å². The van der Waals surface area contributed by atoms with Crippen molar-refractivity contribution in [1.82, 2.24) is 9.88 Å². The van der Waals surface area contributed by atoms with Crippen molar-refractivity contribution in [3.05, 3.63) is 57.0 Å². The zero-order valence-electron chi connectivity index (χ0n) is 16.6. The van der Waals surface area contributed by atoms with Gasteiger partial charge < -0.3 is 19.5 Å². The standard InChI is InChI=1S/C21H27N3O3/c1-13-12-23(17-8-6-7-9-18(17)27-5)10-11-24(13)21(26)19-15(3)14(2)16(4)22-20(19)25/h6-9,13H,10-12H2,1-5H3,(H,22,25)/t13-/m1/s1. The van der Waals surface area contributed by atoms with Gasteiger partial charge >= 0.3 is 0 Å². The molecule has 1 atom stereocenters. The van der Waals surface area contributed by atoms with Crippen molar-refractivity contribution in [3.8, 4) is 5.75 Å². The van der Waals surface area contributed by atoms with Gasteiger partial charge in [-0.05, 0) is 51.0 Å². The van der Waals surface area contributed by atoms with Crippen LogP contribution in [0.25, 0.3) is 0 Å². The number of ether oxygens (including phenoxy) is 1. The lowest BCUT2D eigenvalue weighted by atomic mass is 10.0. The van der Waals surface area contributed by atoms with Crippen LogP contribution in [0.3, 0.4) is 0 Å². The van der Waals surface area contributed by atoms with Crippen molar-refractivity contribution < 1.29 is 9.53 Å². The number of benzene rings is 1. The molecule has 1 aliphatic heterocycles. The minimum atomic E-state index is -0.306. The number of pyridine rings is 1. The lowest BCUT2D eigenvalue weighted by molar-refractivity contribution is 0.0671. The Morgan fingerprint density at radius 1 is 1.15 bits per heavy atom. The quantitative estimate of drug-likeness (QED) is 0.903. The van der Waals surface area contributed by atoms with E-state index in [-0.39, 0.29) is 23.1 Å². The van der Waals surface area contributed by atoms with Crippen molar-refractivity contribution in [3.63, 3.8) is 0 Å². The van der Waals surface area contributed by atoms with E-state index in [1.165, 1.54) is 0 Å². The van der Waals surface area contributed by atoms with E-state index in [1.807, 2.05) is 52.0 Å². The second-order valence-electron chi connectivity index (χ2n) is 7.17. The Morgan fingerprint density at radius 2 is 1.85 bits per heavy atom. The molecule has 0 saturated carbocycles. The molecule has 6 heteroatoms. The van der Waals surface area contributed by atoms with Gasteiger partial charge in [0.15, 0.2) is 0 Å². The summed E-state index contributed by atoms with van der Waals surface area (Å²) in [6, 6.07) is 7.88. The van der Waals surface area contributed by atoms with Crippen LogP contribution in [-0.4, -0.2) is 48.6 Å². The molecule has 1 aromatic heterocycles. The van der Waals surface area contributed by atoms with Gasteiger partial charge in [0.05, 0.1) is 12.8 Å². The molecule has 144 valence electrons. The zero-order chi connectivity index (χ0) is 19.7. The molecule has 6 nitrogen and oxygen atoms in total. The maximum absolute atomic E-state index is 13.1. The van der Waals surface area contributed by atoms with Gasteiger partial charge in [0.1, 0.15) is 11.3 Å². The van der Waals surface area contributed by atoms with E-state index < -0.39 is 0 Å². The molecule has 1 saturated heterocycles. The average Bonchev–Trinajstić information content (AvgIpc) is 2.66. The number of carbonyl (C=O) groups excluding carboxylic acids is 1. The van der Waals surface area contributed by atoms with Crippen molar-refractivity contribution in [2.45, 2.75) is 33.7 Å². The van der Waals surface area contributed by atoms with Crippen molar-refractivity contribution in [2.24, 2.45) is 0 Å². The molecule has 27 heavy (non-hydrogen) atoms. The highest BCUT2D eigenvalue weighted by Crippen LogP contribution is 2.29. The summed E-state index contributed by atoms with van der Waals surface area (Å²) in [6.45, 7) is 9.59. The molecule has 1 fully saturated rings. The Hall–Kier alpha value is -2.76. The summed E-state index contributed by atoms with van der Waals surface area (Å²) < 4.78 is 5.47. The summed E-state index contributed by atoms with van der Waals surface area (Å²) in [7, 11) is 1.66. The van der Waals surface area contributed by atoms with Crippen LogP contribution >= 0.6 is 0 Å². The predicted molar refractivity (Wildman–Crippen MR) is 107 cm³/mol. The Morgan fingerprint density at radius 3 is 2.52 bits per heavy atom. The number of methoxy groups -OCH3 is 1. The van der Waals surface area contributed by atoms with Gasteiger partial charge in [0.25, 0.3) is 11.5 Å². The first-order chi connectivity index (χ1) is 12.8. The minimum absolute atomic E-state index is 0.0171. The van der Waals surface area contributed by atoms with Gasteiger partial charge in [-0.1, -0.05) is 12.1 Å². The van der Waals surface area contributed by atoms with Gasteiger partial charge in [-0.2, -0.15) is 0 Å². The summed E-state index contributed by atoms with van der Waals surface area (Å²) in [6.07, 6.45) is 0. The molecule has 0 unspecified atom stereocenters. The summed E-state index contributed by atoms with van der Waals surface area (Å²) in [5, 5.41) is 0. The molecule has 0 spiro atoms. The molecule has 0 bridgehead atoms. The number of piperazine rings is 1. The van der Waals surface area contributed by atoms with Gasteiger partial charge in [-0.25, -0.2) is 0 Å². The molecular formula is C21H27N3O3. The molecule has 0 radical (unpaired) electrons. The highest BCUT2D eigenvalue weighted by Gasteiger charge is 2.31. The number of anilines is 1. The zero-order valence-corrected chi connectivity index (χ0v) is 16.6. The third-order valence-electron chi connectivity index (χ3n) is 5.56. The second-order valence-corrected chi connectivity index (χ2v) is 7.17. The maximum atomic E-state index is 13.1. The molecule has 3 rings (SSSR count). The first-order valence-electron chi connectivity index (χ1n) is 9.24. The Kier molecular flexibility index (Phi) is 5.26. The van der Waals surface area contributed by atoms with Gasteiger partial charge in [0, 0.05) is 31.4 Å². The number of nitrogens with one attached hydrogen (secondary N) is 1. The van der Waals surface area contributed by atoms with E-state index in [2.05, 4.69) is 9.88 Å². The number of amides is 1. The van der Waals surface area contributed by atoms with E-state index in [4.69, 9.17) is 4.74 Å². The van der Waals surface area contributed by atoms with Gasteiger partial charge in [-0.15, -0.1) is 0 Å².